The largest absolute Gasteiger partial charge is 0.461 e. The minimum atomic E-state index is -0.228. The number of fused-ring (bicyclic) bond motifs is 1. The summed E-state index contributed by atoms with van der Waals surface area (Å²) in [6, 6.07) is 17.4. The Morgan fingerprint density at radius 1 is 1.11 bits per heavy atom. The molecular weight excluding hydrogens is 510 g/mol. The van der Waals surface area contributed by atoms with Gasteiger partial charge in [0, 0.05) is 11.9 Å². The van der Waals surface area contributed by atoms with E-state index in [2.05, 4.69) is 20.5 Å². The van der Waals surface area contributed by atoms with Crippen molar-refractivity contribution in [1.29, 1.82) is 0 Å². The van der Waals surface area contributed by atoms with Crippen molar-refractivity contribution in [2.75, 3.05) is 6.79 Å². The van der Waals surface area contributed by atoms with Crippen LogP contribution in [0.1, 0.15) is 26.6 Å². The highest BCUT2D eigenvalue weighted by atomic mass is 32.2. The first kappa shape index (κ1) is 23.3. The van der Waals surface area contributed by atoms with Crippen molar-refractivity contribution in [2.24, 2.45) is 0 Å². The Morgan fingerprint density at radius 3 is 2.86 bits per heavy atom. The second kappa shape index (κ2) is 10.1. The van der Waals surface area contributed by atoms with Crippen molar-refractivity contribution in [3.8, 4) is 28.8 Å². The molecule has 0 bridgehead atoms. The van der Waals surface area contributed by atoms with Crippen LogP contribution in [0.4, 0.5) is 0 Å². The lowest BCUT2D eigenvalue weighted by Gasteiger charge is -2.11. The number of nitrogens with one attached hydrogen (secondary N) is 1. The van der Waals surface area contributed by atoms with Crippen LogP contribution in [0.15, 0.2) is 75.8 Å². The molecule has 0 atom stereocenters. The normalized spacial score (nSPS) is 12.1. The van der Waals surface area contributed by atoms with Gasteiger partial charge in [-0.05, 0) is 48.4 Å². The Balaban J connectivity index is 1.15. The van der Waals surface area contributed by atoms with E-state index in [1.54, 1.807) is 11.6 Å². The second-order valence-corrected chi connectivity index (χ2v) is 10.1. The van der Waals surface area contributed by atoms with E-state index < -0.39 is 0 Å². The third-order valence-corrected chi connectivity index (χ3v) is 7.70. The predicted molar refractivity (Wildman–Crippen MR) is 139 cm³/mol. The average molecular weight is 532 g/mol. The quantitative estimate of drug-likeness (QED) is 0.271. The van der Waals surface area contributed by atoms with Crippen LogP contribution in [0.2, 0.25) is 0 Å². The van der Waals surface area contributed by atoms with Crippen molar-refractivity contribution in [2.45, 2.75) is 24.4 Å². The maximum Gasteiger partial charge on any atom is 0.271 e. The highest BCUT2D eigenvalue weighted by Crippen LogP contribution is 2.33. The summed E-state index contributed by atoms with van der Waals surface area (Å²) in [6.07, 6.45) is 1.62. The molecule has 0 fully saturated rings. The van der Waals surface area contributed by atoms with Gasteiger partial charge in [-0.1, -0.05) is 36.0 Å². The van der Waals surface area contributed by atoms with Gasteiger partial charge in [-0.3, -0.25) is 9.36 Å². The summed E-state index contributed by atoms with van der Waals surface area (Å²) in [7, 11) is 0. The fourth-order valence-electron chi connectivity index (χ4n) is 3.89. The van der Waals surface area contributed by atoms with Gasteiger partial charge < -0.3 is 19.2 Å². The van der Waals surface area contributed by atoms with Gasteiger partial charge in [0.2, 0.25) is 12.6 Å². The summed E-state index contributed by atoms with van der Waals surface area (Å²) >= 11 is 2.95. The molecular formula is C26H21N5O4S2. The number of benzene rings is 2. The smallest absolute Gasteiger partial charge is 0.271 e. The first-order chi connectivity index (χ1) is 18.2. The molecule has 0 radical (unpaired) electrons. The van der Waals surface area contributed by atoms with Crippen LogP contribution in [0.5, 0.6) is 11.5 Å². The maximum atomic E-state index is 12.7. The third kappa shape index (κ3) is 4.83. The number of hydrogen-bond acceptors (Lipinski definition) is 9. The number of amides is 1. The number of furan rings is 1. The highest BCUT2D eigenvalue weighted by molar-refractivity contribution is 7.98. The summed E-state index contributed by atoms with van der Waals surface area (Å²) in [4.78, 5) is 17.2. The number of carbonyl (C=O) groups is 1. The molecule has 9 nitrogen and oxygen atoms in total. The van der Waals surface area contributed by atoms with Gasteiger partial charge in [-0.2, -0.15) is 0 Å². The summed E-state index contributed by atoms with van der Waals surface area (Å²) in [5.74, 6) is 2.98. The Kier molecular flexibility index (Phi) is 6.37. The topological polar surface area (TPSA) is 104 Å². The lowest BCUT2D eigenvalue weighted by molar-refractivity contribution is 0.0946. The van der Waals surface area contributed by atoms with E-state index in [-0.39, 0.29) is 12.7 Å². The molecule has 1 aliphatic heterocycles. The zero-order valence-electron chi connectivity index (χ0n) is 19.7. The van der Waals surface area contributed by atoms with Crippen LogP contribution in [0.3, 0.4) is 0 Å². The van der Waals surface area contributed by atoms with E-state index in [1.165, 1.54) is 23.1 Å². The van der Waals surface area contributed by atoms with Gasteiger partial charge in [0.15, 0.2) is 22.4 Å². The summed E-state index contributed by atoms with van der Waals surface area (Å²) in [6.45, 7) is 2.63. The minimum absolute atomic E-state index is 0.218. The number of thiazole rings is 1. The molecule has 5 aromatic rings. The lowest BCUT2D eigenvalue weighted by Crippen LogP contribution is -2.23. The fraction of sp³-hybridized carbons (Fsp3) is 0.154. The van der Waals surface area contributed by atoms with Crippen LogP contribution in [-0.2, 0) is 12.3 Å². The van der Waals surface area contributed by atoms with Crippen molar-refractivity contribution < 1.29 is 18.7 Å². The molecule has 0 spiro atoms. The number of thioether (sulfide) groups is 1. The van der Waals surface area contributed by atoms with Crippen molar-refractivity contribution >= 4 is 29.0 Å². The van der Waals surface area contributed by atoms with Gasteiger partial charge >= 0.3 is 0 Å². The van der Waals surface area contributed by atoms with E-state index >= 15 is 0 Å². The first-order valence-electron chi connectivity index (χ1n) is 11.4. The number of para-hydroxylation sites is 1. The molecule has 37 heavy (non-hydrogen) atoms. The highest BCUT2D eigenvalue weighted by Gasteiger charge is 2.20. The zero-order chi connectivity index (χ0) is 25.2. The maximum absolute atomic E-state index is 12.7. The van der Waals surface area contributed by atoms with Crippen LogP contribution in [0.25, 0.3) is 17.3 Å². The first-order valence-corrected chi connectivity index (χ1v) is 13.3. The van der Waals surface area contributed by atoms with E-state index in [1.807, 2.05) is 66.1 Å². The number of aromatic nitrogens is 4. The standard InChI is InChI=1S/C26H21N5O4S2/c1-16-5-2-3-6-19(16)31-24(21-7-4-10-33-21)29-30-26(31)37-14-23-28-18(13-36-23)25(32)27-12-17-8-9-20-22(11-17)35-15-34-20/h2-11,13H,12,14-15H2,1H3,(H,27,32). The van der Waals surface area contributed by atoms with Gasteiger partial charge in [-0.25, -0.2) is 4.98 Å². The molecule has 1 amide bonds. The third-order valence-electron chi connectivity index (χ3n) is 5.73. The van der Waals surface area contributed by atoms with Crippen molar-refractivity contribution in [3.63, 3.8) is 0 Å². The molecule has 2 aromatic carbocycles. The Labute approximate surface area is 220 Å². The zero-order valence-corrected chi connectivity index (χ0v) is 21.3. The molecule has 0 saturated heterocycles. The summed E-state index contributed by atoms with van der Waals surface area (Å²) < 4.78 is 18.3. The van der Waals surface area contributed by atoms with Crippen molar-refractivity contribution in [3.05, 3.63) is 88.1 Å². The molecule has 0 saturated carbocycles. The Morgan fingerprint density at radius 2 is 2.00 bits per heavy atom. The average Bonchev–Trinajstić information content (AvgIpc) is 3.72. The van der Waals surface area contributed by atoms with Crippen molar-refractivity contribution in [1.82, 2.24) is 25.1 Å². The number of aryl methyl sites for hydroxylation is 1. The number of carbonyl (C=O) groups excluding carboxylic acids is 1. The van der Waals surface area contributed by atoms with Crippen LogP contribution >= 0.6 is 23.1 Å². The lowest BCUT2D eigenvalue weighted by atomic mass is 10.2. The predicted octanol–water partition coefficient (Wildman–Crippen LogP) is 5.24. The second-order valence-electron chi connectivity index (χ2n) is 8.19. The molecule has 0 aliphatic carbocycles. The van der Waals surface area contributed by atoms with E-state index in [4.69, 9.17) is 13.9 Å². The van der Waals surface area contributed by atoms with Crippen LogP contribution < -0.4 is 14.8 Å². The van der Waals surface area contributed by atoms with Crippen LogP contribution in [-0.4, -0.2) is 32.4 Å². The number of nitrogens with zero attached hydrogens (tertiary/aromatic N) is 4. The fourth-order valence-corrected chi connectivity index (χ4v) is 5.63. The molecule has 186 valence electrons. The molecule has 4 heterocycles. The van der Waals surface area contributed by atoms with Gasteiger partial charge in [-0.15, -0.1) is 21.5 Å². The monoisotopic (exact) mass is 531 g/mol. The molecule has 1 N–H and O–H groups in total. The molecule has 6 rings (SSSR count). The number of ether oxygens (including phenoxy) is 2. The molecule has 3 aromatic heterocycles. The van der Waals surface area contributed by atoms with E-state index in [0.29, 0.717) is 46.2 Å². The van der Waals surface area contributed by atoms with E-state index in [0.717, 1.165) is 21.8 Å². The molecule has 1 aliphatic rings. The summed E-state index contributed by atoms with van der Waals surface area (Å²) in [5, 5.41) is 15.0. The number of rotatable bonds is 8. The van der Waals surface area contributed by atoms with E-state index in [9.17, 15) is 4.79 Å². The molecule has 0 unspecified atom stereocenters. The SMILES string of the molecule is Cc1ccccc1-n1c(SCc2nc(C(=O)NCc3ccc4c(c3)OCO4)cs2)nnc1-c1ccco1. The van der Waals surface area contributed by atoms with Gasteiger partial charge in [0.1, 0.15) is 10.7 Å². The number of hydrogen-bond donors (Lipinski definition) is 1. The molecule has 11 heteroatoms. The minimum Gasteiger partial charge on any atom is -0.461 e. The Hall–Kier alpha value is -4.09. The summed E-state index contributed by atoms with van der Waals surface area (Å²) in [5.41, 5.74) is 3.38. The van der Waals surface area contributed by atoms with Gasteiger partial charge in [0.25, 0.3) is 5.91 Å². The van der Waals surface area contributed by atoms with Crippen LogP contribution in [0, 0.1) is 6.92 Å². The Bertz CT molecular complexity index is 1560. The van der Waals surface area contributed by atoms with Gasteiger partial charge in [0.05, 0.1) is 17.7 Å².